The van der Waals surface area contributed by atoms with Gasteiger partial charge < -0.3 is 10.1 Å². The lowest BCUT2D eigenvalue weighted by Crippen LogP contribution is -2.15. The summed E-state index contributed by atoms with van der Waals surface area (Å²) in [4.78, 5) is 34.8. The zero-order chi connectivity index (χ0) is 16.8. The van der Waals surface area contributed by atoms with E-state index in [1.807, 2.05) is 0 Å². The zero-order valence-corrected chi connectivity index (χ0v) is 12.3. The van der Waals surface area contributed by atoms with Gasteiger partial charge in [0, 0.05) is 12.6 Å². The van der Waals surface area contributed by atoms with E-state index in [1.165, 1.54) is 37.3 Å². The maximum absolute atomic E-state index is 13.5. The number of ether oxygens (including phenoxy) is 1. The Hall–Kier alpha value is -3.02. The molecule has 0 radical (unpaired) electrons. The molecular formula is C17H14FNO4. The van der Waals surface area contributed by atoms with Gasteiger partial charge in [-0.05, 0) is 30.3 Å². The number of carbonyl (C=O) groups is 3. The number of anilines is 1. The van der Waals surface area contributed by atoms with Crippen molar-refractivity contribution in [2.75, 3.05) is 11.9 Å². The monoisotopic (exact) mass is 315 g/mol. The molecule has 0 spiro atoms. The van der Waals surface area contributed by atoms with Crippen molar-refractivity contribution in [1.29, 1.82) is 0 Å². The van der Waals surface area contributed by atoms with Crippen molar-refractivity contribution >= 4 is 23.3 Å². The van der Waals surface area contributed by atoms with E-state index in [1.54, 1.807) is 12.1 Å². The topological polar surface area (TPSA) is 72.5 Å². The van der Waals surface area contributed by atoms with Gasteiger partial charge in [-0.25, -0.2) is 9.18 Å². The van der Waals surface area contributed by atoms with E-state index < -0.39 is 24.2 Å². The highest BCUT2D eigenvalue weighted by Crippen LogP contribution is 2.12. The van der Waals surface area contributed by atoms with Gasteiger partial charge >= 0.3 is 5.97 Å². The molecule has 2 aromatic rings. The fraction of sp³-hybridized carbons (Fsp3) is 0.118. The number of hydrogen-bond acceptors (Lipinski definition) is 4. The molecule has 0 unspecified atom stereocenters. The van der Waals surface area contributed by atoms with Gasteiger partial charge in [-0.2, -0.15) is 0 Å². The minimum Gasteiger partial charge on any atom is -0.454 e. The molecule has 0 aliphatic heterocycles. The molecule has 6 heteroatoms. The number of amides is 1. The van der Waals surface area contributed by atoms with Gasteiger partial charge in [0.25, 0.3) is 0 Å². The van der Waals surface area contributed by atoms with Gasteiger partial charge in [0.1, 0.15) is 5.82 Å². The van der Waals surface area contributed by atoms with Crippen molar-refractivity contribution < 1.29 is 23.5 Å². The third kappa shape index (κ3) is 4.47. The third-order valence-electron chi connectivity index (χ3n) is 2.93. The molecule has 0 saturated carbocycles. The predicted molar refractivity (Wildman–Crippen MR) is 81.8 cm³/mol. The van der Waals surface area contributed by atoms with Crippen LogP contribution in [0, 0.1) is 5.82 Å². The number of hydrogen-bond donors (Lipinski definition) is 1. The SMILES string of the molecule is CC(=O)Nc1cccc(C(=O)OCC(=O)c2ccccc2F)c1. The number of Topliss-reactive ketones (excluding diaryl/α,β-unsaturated/α-hetero) is 1. The highest BCUT2D eigenvalue weighted by molar-refractivity contribution is 6.00. The standard InChI is InChI=1S/C17H14FNO4/c1-11(20)19-13-6-4-5-12(9-13)17(22)23-10-16(21)14-7-2-3-8-15(14)18/h2-9H,10H2,1H3,(H,19,20). The van der Waals surface area contributed by atoms with Gasteiger partial charge in [0.15, 0.2) is 6.61 Å². The third-order valence-corrected chi connectivity index (χ3v) is 2.93. The molecule has 0 aliphatic carbocycles. The lowest BCUT2D eigenvalue weighted by atomic mass is 10.1. The summed E-state index contributed by atoms with van der Waals surface area (Å²) in [6, 6.07) is 11.6. The minimum atomic E-state index is -0.734. The Morgan fingerprint density at radius 2 is 1.83 bits per heavy atom. The quantitative estimate of drug-likeness (QED) is 0.680. The van der Waals surface area contributed by atoms with E-state index in [4.69, 9.17) is 4.74 Å². The Labute approximate surface area is 132 Å². The average molecular weight is 315 g/mol. The summed E-state index contributed by atoms with van der Waals surface area (Å²) in [5, 5.41) is 2.53. The molecule has 23 heavy (non-hydrogen) atoms. The normalized spacial score (nSPS) is 10.0. The molecule has 0 aromatic heterocycles. The molecule has 0 heterocycles. The molecule has 2 aromatic carbocycles. The van der Waals surface area contributed by atoms with Crippen molar-refractivity contribution in [2.45, 2.75) is 6.92 Å². The molecule has 0 aliphatic rings. The van der Waals surface area contributed by atoms with E-state index in [2.05, 4.69) is 5.32 Å². The Balaban J connectivity index is 2.01. The van der Waals surface area contributed by atoms with E-state index >= 15 is 0 Å². The van der Waals surface area contributed by atoms with Crippen LogP contribution in [0.2, 0.25) is 0 Å². The summed E-state index contributed by atoms with van der Waals surface area (Å²) in [7, 11) is 0. The average Bonchev–Trinajstić information content (AvgIpc) is 2.52. The Morgan fingerprint density at radius 3 is 2.52 bits per heavy atom. The van der Waals surface area contributed by atoms with Crippen LogP contribution in [0.1, 0.15) is 27.6 Å². The van der Waals surface area contributed by atoms with Crippen molar-refractivity contribution in [3.63, 3.8) is 0 Å². The number of halogens is 1. The van der Waals surface area contributed by atoms with Crippen molar-refractivity contribution in [1.82, 2.24) is 0 Å². The van der Waals surface area contributed by atoms with Crippen LogP contribution in [0.25, 0.3) is 0 Å². The van der Waals surface area contributed by atoms with E-state index in [-0.39, 0.29) is 17.0 Å². The van der Waals surface area contributed by atoms with Gasteiger partial charge in [0.2, 0.25) is 11.7 Å². The van der Waals surface area contributed by atoms with Crippen molar-refractivity contribution in [3.8, 4) is 0 Å². The van der Waals surface area contributed by atoms with Gasteiger partial charge in [-0.1, -0.05) is 18.2 Å². The number of rotatable bonds is 5. The first-order chi connectivity index (χ1) is 11.0. The summed E-state index contributed by atoms with van der Waals surface area (Å²) in [5.41, 5.74) is 0.484. The van der Waals surface area contributed by atoms with E-state index in [9.17, 15) is 18.8 Å². The largest absolute Gasteiger partial charge is 0.454 e. The maximum Gasteiger partial charge on any atom is 0.338 e. The first-order valence-corrected chi connectivity index (χ1v) is 6.80. The second-order valence-corrected chi connectivity index (χ2v) is 4.74. The summed E-state index contributed by atoms with van der Waals surface area (Å²) >= 11 is 0. The Bertz CT molecular complexity index is 758. The second kappa shape index (κ2) is 7.31. The number of carbonyl (C=O) groups excluding carboxylic acids is 3. The minimum absolute atomic E-state index is 0.132. The van der Waals surface area contributed by atoms with Gasteiger partial charge in [-0.3, -0.25) is 9.59 Å². The molecule has 1 amide bonds. The second-order valence-electron chi connectivity index (χ2n) is 4.74. The summed E-state index contributed by atoms with van der Waals surface area (Å²) in [5.74, 6) is -2.30. The molecule has 0 bridgehead atoms. The summed E-state index contributed by atoms with van der Waals surface area (Å²) in [6.07, 6.45) is 0. The molecule has 1 N–H and O–H groups in total. The number of esters is 1. The van der Waals surface area contributed by atoms with Crippen molar-refractivity contribution in [2.24, 2.45) is 0 Å². The molecule has 0 saturated heterocycles. The fourth-order valence-corrected chi connectivity index (χ4v) is 1.91. The Kier molecular flexibility index (Phi) is 5.19. The van der Waals surface area contributed by atoms with Crippen LogP contribution >= 0.6 is 0 Å². The van der Waals surface area contributed by atoms with Crippen molar-refractivity contribution in [3.05, 3.63) is 65.5 Å². The van der Waals surface area contributed by atoms with Crippen LogP contribution in [-0.2, 0) is 9.53 Å². The Morgan fingerprint density at radius 1 is 1.09 bits per heavy atom. The molecular weight excluding hydrogens is 301 g/mol. The first-order valence-electron chi connectivity index (χ1n) is 6.80. The summed E-state index contributed by atoms with van der Waals surface area (Å²) in [6.45, 7) is 0.780. The van der Waals surface area contributed by atoms with Crippen LogP contribution in [-0.4, -0.2) is 24.3 Å². The highest BCUT2D eigenvalue weighted by atomic mass is 19.1. The molecule has 2 rings (SSSR count). The van der Waals surface area contributed by atoms with E-state index in [0.717, 1.165) is 6.07 Å². The predicted octanol–water partition coefficient (Wildman–Crippen LogP) is 2.82. The first kappa shape index (κ1) is 16.4. The van der Waals surface area contributed by atoms with Gasteiger partial charge in [0.05, 0.1) is 11.1 Å². The highest BCUT2D eigenvalue weighted by Gasteiger charge is 2.15. The number of nitrogens with one attached hydrogen (secondary N) is 1. The van der Waals surface area contributed by atoms with Crippen LogP contribution in [0.3, 0.4) is 0 Å². The molecule has 118 valence electrons. The number of ketones is 1. The fourth-order valence-electron chi connectivity index (χ4n) is 1.91. The van der Waals surface area contributed by atoms with Crippen LogP contribution in [0.4, 0.5) is 10.1 Å². The maximum atomic E-state index is 13.5. The lowest BCUT2D eigenvalue weighted by molar-refractivity contribution is -0.114. The lowest BCUT2D eigenvalue weighted by Gasteiger charge is -2.07. The number of benzene rings is 2. The van der Waals surface area contributed by atoms with Crippen LogP contribution in [0.5, 0.6) is 0 Å². The van der Waals surface area contributed by atoms with Crippen LogP contribution < -0.4 is 5.32 Å². The van der Waals surface area contributed by atoms with Crippen LogP contribution in [0.15, 0.2) is 48.5 Å². The smallest absolute Gasteiger partial charge is 0.338 e. The zero-order valence-electron chi connectivity index (χ0n) is 12.3. The molecule has 5 nitrogen and oxygen atoms in total. The molecule has 0 atom stereocenters. The van der Waals surface area contributed by atoms with E-state index in [0.29, 0.717) is 5.69 Å². The van der Waals surface area contributed by atoms with Gasteiger partial charge in [-0.15, -0.1) is 0 Å². The summed E-state index contributed by atoms with van der Waals surface area (Å²) < 4.78 is 18.4. The molecule has 0 fully saturated rings.